The quantitative estimate of drug-likeness (QED) is 0.795. The van der Waals surface area contributed by atoms with Crippen LogP contribution in [-0.4, -0.2) is 13.0 Å². The summed E-state index contributed by atoms with van der Waals surface area (Å²) in [4.78, 5) is 11.1. The molecule has 0 fully saturated rings. The topological polar surface area (TPSA) is 82.2 Å². The molecule has 0 saturated heterocycles. The summed E-state index contributed by atoms with van der Waals surface area (Å²) >= 11 is 5.55. The van der Waals surface area contributed by atoms with Gasteiger partial charge in [-0.3, -0.25) is 4.79 Å². The first-order valence-electron chi connectivity index (χ1n) is 3.79. The van der Waals surface area contributed by atoms with E-state index >= 15 is 0 Å². The summed E-state index contributed by atoms with van der Waals surface area (Å²) in [6.07, 6.45) is 1.17. The average Bonchev–Trinajstić information content (AvgIpc) is 2.07. The summed E-state index contributed by atoms with van der Waals surface area (Å²) < 4.78 is 23.1. The lowest BCUT2D eigenvalue weighted by atomic mass is 10.4. The van der Waals surface area contributed by atoms with E-state index in [-0.39, 0.29) is 9.92 Å². The number of aromatic nitrogens is 1. The Morgan fingerprint density at radius 1 is 1.57 bits per heavy atom. The van der Waals surface area contributed by atoms with Gasteiger partial charge in [-0.15, -0.1) is 0 Å². The van der Waals surface area contributed by atoms with Crippen LogP contribution in [0.2, 0.25) is 5.02 Å². The second-order valence-corrected chi connectivity index (χ2v) is 4.63. The molecule has 0 aliphatic heterocycles. The van der Waals surface area contributed by atoms with Crippen molar-refractivity contribution in [3.63, 3.8) is 0 Å². The number of sulfonamides is 1. The highest BCUT2D eigenvalue weighted by molar-refractivity contribution is 7.89. The van der Waals surface area contributed by atoms with E-state index in [1.165, 1.54) is 10.8 Å². The maximum absolute atomic E-state index is 11.3. The Bertz CT molecular complexity index is 506. The van der Waals surface area contributed by atoms with Gasteiger partial charge < -0.3 is 4.57 Å². The Morgan fingerprint density at radius 3 is 2.57 bits per heavy atom. The summed E-state index contributed by atoms with van der Waals surface area (Å²) in [5, 5.41) is 4.74. The molecule has 5 nitrogen and oxygen atoms in total. The number of pyridine rings is 1. The Kier molecular flexibility index (Phi) is 2.98. The van der Waals surface area contributed by atoms with Gasteiger partial charge >= 0.3 is 0 Å². The van der Waals surface area contributed by atoms with Crippen LogP contribution in [0, 0.1) is 0 Å². The van der Waals surface area contributed by atoms with Crippen molar-refractivity contribution in [1.82, 2.24) is 4.57 Å². The minimum Gasteiger partial charge on any atom is -0.313 e. The lowest BCUT2D eigenvalue weighted by molar-refractivity contribution is 0.595. The van der Waals surface area contributed by atoms with Crippen molar-refractivity contribution in [3.8, 4) is 0 Å². The van der Waals surface area contributed by atoms with Gasteiger partial charge in [-0.25, -0.2) is 13.6 Å². The van der Waals surface area contributed by atoms with Crippen LogP contribution in [0.25, 0.3) is 0 Å². The Hall–Kier alpha value is -0.850. The molecule has 0 radical (unpaired) electrons. The lowest BCUT2D eigenvalue weighted by Crippen LogP contribution is -2.22. The highest BCUT2D eigenvalue weighted by atomic mass is 35.5. The van der Waals surface area contributed by atoms with Crippen LogP contribution in [0.5, 0.6) is 0 Å². The van der Waals surface area contributed by atoms with Crippen LogP contribution in [0.1, 0.15) is 6.92 Å². The van der Waals surface area contributed by atoms with E-state index in [1.54, 1.807) is 6.92 Å². The normalized spacial score (nSPS) is 11.6. The fourth-order valence-electron chi connectivity index (χ4n) is 0.964. The number of halogens is 1. The van der Waals surface area contributed by atoms with Crippen molar-refractivity contribution >= 4 is 21.6 Å². The molecule has 2 N–H and O–H groups in total. The van der Waals surface area contributed by atoms with Crippen molar-refractivity contribution in [2.24, 2.45) is 5.14 Å². The molecule has 1 heterocycles. The first-order chi connectivity index (χ1) is 6.36. The molecule has 0 unspecified atom stereocenters. The SMILES string of the molecule is CCn1cc(S(N)(=O)=O)cc(Cl)c1=O. The van der Waals surface area contributed by atoms with Crippen molar-refractivity contribution in [2.45, 2.75) is 18.4 Å². The summed E-state index contributed by atoms with van der Waals surface area (Å²) in [5.74, 6) is 0. The molecule has 7 heteroatoms. The monoisotopic (exact) mass is 236 g/mol. The summed E-state index contributed by atoms with van der Waals surface area (Å²) in [7, 11) is -3.82. The molecule has 1 rings (SSSR count). The predicted octanol–water partition coefficient (Wildman–Crippen LogP) is 0.169. The van der Waals surface area contributed by atoms with Gasteiger partial charge in [0.25, 0.3) is 5.56 Å². The molecular formula is C7H9ClN2O3S. The summed E-state index contributed by atoms with van der Waals surface area (Å²) in [6.45, 7) is 2.03. The van der Waals surface area contributed by atoms with E-state index in [0.717, 1.165) is 6.07 Å². The number of hydrogen-bond acceptors (Lipinski definition) is 3. The molecule has 0 aromatic carbocycles. The van der Waals surface area contributed by atoms with Crippen LogP contribution >= 0.6 is 11.6 Å². The van der Waals surface area contributed by atoms with Crippen molar-refractivity contribution in [2.75, 3.05) is 0 Å². The molecule has 0 aliphatic carbocycles. The zero-order valence-corrected chi connectivity index (χ0v) is 8.97. The molecule has 1 aromatic heterocycles. The molecule has 0 amide bonds. The van der Waals surface area contributed by atoms with E-state index in [0.29, 0.717) is 6.54 Å². The zero-order valence-electron chi connectivity index (χ0n) is 7.40. The lowest BCUT2D eigenvalue weighted by Gasteiger charge is -2.04. The molecule has 0 aliphatic rings. The fraction of sp³-hybridized carbons (Fsp3) is 0.286. The number of aryl methyl sites for hydroxylation is 1. The molecular weight excluding hydrogens is 228 g/mol. The van der Waals surface area contributed by atoms with E-state index in [9.17, 15) is 13.2 Å². The third-order valence-electron chi connectivity index (χ3n) is 1.69. The second kappa shape index (κ2) is 3.72. The fourth-order valence-corrected chi connectivity index (χ4v) is 1.81. The van der Waals surface area contributed by atoms with Crippen LogP contribution in [0.15, 0.2) is 22.0 Å². The van der Waals surface area contributed by atoms with Crippen LogP contribution < -0.4 is 10.7 Å². The van der Waals surface area contributed by atoms with Crippen molar-refractivity contribution in [1.29, 1.82) is 0 Å². The van der Waals surface area contributed by atoms with Gasteiger partial charge in [0.1, 0.15) is 5.02 Å². The number of primary sulfonamides is 1. The van der Waals surface area contributed by atoms with Crippen LogP contribution in [0.3, 0.4) is 0 Å². The second-order valence-electron chi connectivity index (χ2n) is 2.66. The Morgan fingerprint density at radius 2 is 2.14 bits per heavy atom. The number of nitrogens with two attached hydrogens (primary N) is 1. The van der Waals surface area contributed by atoms with Crippen LogP contribution in [0.4, 0.5) is 0 Å². The molecule has 0 spiro atoms. The van der Waals surface area contributed by atoms with Crippen molar-refractivity contribution in [3.05, 3.63) is 27.6 Å². The third-order valence-corrected chi connectivity index (χ3v) is 2.84. The number of nitrogens with zero attached hydrogens (tertiary/aromatic N) is 1. The predicted molar refractivity (Wildman–Crippen MR) is 52.8 cm³/mol. The number of rotatable bonds is 2. The standard InChI is InChI=1S/C7H9ClN2O3S/c1-2-10-4-5(14(9,12)13)3-6(8)7(10)11/h3-4H,2H2,1H3,(H2,9,12,13). The van der Waals surface area contributed by atoms with Gasteiger partial charge in [0, 0.05) is 12.7 Å². The third kappa shape index (κ3) is 2.14. The smallest absolute Gasteiger partial charge is 0.269 e. The highest BCUT2D eigenvalue weighted by Crippen LogP contribution is 2.09. The molecule has 78 valence electrons. The minimum atomic E-state index is -3.82. The van der Waals surface area contributed by atoms with Gasteiger partial charge in [0.2, 0.25) is 10.0 Å². The molecule has 0 saturated carbocycles. The van der Waals surface area contributed by atoms with Gasteiger partial charge in [0.05, 0.1) is 4.90 Å². The van der Waals surface area contributed by atoms with Gasteiger partial charge in [-0.1, -0.05) is 11.6 Å². The summed E-state index contributed by atoms with van der Waals surface area (Å²) in [5.41, 5.74) is -0.429. The molecule has 14 heavy (non-hydrogen) atoms. The number of hydrogen-bond donors (Lipinski definition) is 1. The van der Waals surface area contributed by atoms with Gasteiger partial charge in [0.15, 0.2) is 0 Å². The molecule has 0 bridgehead atoms. The maximum atomic E-state index is 11.3. The highest BCUT2D eigenvalue weighted by Gasteiger charge is 2.12. The van der Waals surface area contributed by atoms with Gasteiger partial charge in [-0.2, -0.15) is 0 Å². The average molecular weight is 237 g/mol. The first kappa shape index (κ1) is 11.2. The maximum Gasteiger partial charge on any atom is 0.269 e. The minimum absolute atomic E-state index is 0.154. The molecule has 0 atom stereocenters. The van der Waals surface area contributed by atoms with Crippen molar-refractivity contribution < 1.29 is 8.42 Å². The Labute approximate surface area is 86.2 Å². The largest absolute Gasteiger partial charge is 0.313 e. The van der Waals surface area contributed by atoms with E-state index in [2.05, 4.69) is 0 Å². The van der Waals surface area contributed by atoms with E-state index < -0.39 is 15.6 Å². The first-order valence-corrected chi connectivity index (χ1v) is 5.71. The zero-order chi connectivity index (χ0) is 10.9. The Balaban J connectivity index is 3.54. The van der Waals surface area contributed by atoms with Gasteiger partial charge in [-0.05, 0) is 13.0 Å². The van der Waals surface area contributed by atoms with Crippen LogP contribution in [-0.2, 0) is 16.6 Å². The van der Waals surface area contributed by atoms with E-state index in [1.807, 2.05) is 0 Å². The van der Waals surface area contributed by atoms with E-state index in [4.69, 9.17) is 16.7 Å². The molecule has 1 aromatic rings. The summed E-state index contributed by atoms with van der Waals surface area (Å²) in [6, 6.07) is 1.05.